The van der Waals surface area contributed by atoms with Gasteiger partial charge in [-0.25, -0.2) is 4.98 Å². The van der Waals surface area contributed by atoms with Crippen molar-refractivity contribution in [2.75, 3.05) is 26.8 Å². The Kier molecular flexibility index (Phi) is 5.81. The van der Waals surface area contributed by atoms with E-state index in [-0.39, 0.29) is 0 Å². The molecule has 0 amide bonds. The highest BCUT2D eigenvalue weighted by Gasteiger charge is 2.22. The molecule has 0 N–H and O–H groups in total. The summed E-state index contributed by atoms with van der Waals surface area (Å²) in [6, 6.07) is 0. The van der Waals surface area contributed by atoms with Gasteiger partial charge in [0.05, 0.1) is 25.6 Å². The fraction of sp³-hybridized carbons (Fsp3) is 0.526. The second-order valence-corrected chi connectivity index (χ2v) is 6.64. The molecule has 1 aliphatic rings. The minimum absolute atomic E-state index is 0.503. The Morgan fingerprint density at radius 1 is 1.20 bits per heavy atom. The van der Waals surface area contributed by atoms with Gasteiger partial charge in [-0.15, -0.1) is 0 Å². The van der Waals surface area contributed by atoms with Crippen LogP contribution in [-0.4, -0.2) is 46.7 Å². The second kappa shape index (κ2) is 8.25. The monoisotopic (exact) mass is 342 g/mol. The Morgan fingerprint density at radius 2 is 2.08 bits per heavy atom. The Labute approximate surface area is 149 Å². The van der Waals surface area contributed by atoms with E-state index in [9.17, 15) is 0 Å². The molecule has 0 radical (unpaired) electrons. The molecule has 1 saturated heterocycles. The Morgan fingerprint density at radius 3 is 2.84 bits per heavy atom. The highest BCUT2D eigenvalue weighted by atomic mass is 16.5. The zero-order valence-corrected chi connectivity index (χ0v) is 15.2. The molecular weight excluding hydrogens is 316 g/mol. The molecule has 0 spiro atoms. The highest BCUT2D eigenvalue weighted by Crippen LogP contribution is 2.26. The summed E-state index contributed by atoms with van der Waals surface area (Å²) in [6.07, 6.45) is 9.23. The average molecular weight is 342 g/mol. The summed E-state index contributed by atoms with van der Waals surface area (Å²) in [4.78, 5) is 15.3. The number of ether oxygens (including phenoxy) is 2. The number of pyridine rings is 1. The van der Waals surface area contributed by atoms with Crippen molar-refractivity contribution in [3.8, 4) is 11.6 Å². The van der Waals surface area contributed by atoms with Crippen molar-refractivity contribution in [2.24, 2.45) is 5.92 Å². The summed E-state index contributed by atoms with van der Waals surface area (Å²) in [5.74, 6) is 2.05. The normalized spacial score (nSPS) is 18.1. The lowest BCUT2D eigenvalue weighted by molar-refractivity contribution is 0.121. The first-order valence-electron chi connectivity index (χ1n) is 8.77. The maximum atomic E-state index is 5.78. The first-order chi connectivity index (χ1) is 12.2. The minimum Gasteiger partial charge on any atom is -0.496 e. The molecule has 0 aliphatic carbocycles. The van der Waals surface area contributed by atoms with Crippen LogP contribution in [-0.2, 0) is 6.54 Å². The van der Waals surface area contributed by atoms with Crippen molar-refractivity contribution in [1.82, 2.24) is 19.9 Å². The number of aromatic nitrogens is 3. The van der Waals surface area contributed by atoms with Gasteiger partial charge >= 0.3 is 0 Å². The molecule has 25 heavy (non-hydrogen) atoms. The van der Waals surface area contributed by atoms with E-state index in [0.29, 0.717) is 18.4 Å². The van der Waals surface area contributed by atoms with Gasteiger partial charge < -0.3 is 9.47 Å². The van der Waals surface area contributed by atoms with Crippen molar-refractivity contribution >= 4 is 0 Å². The molecule has 3 heterocycles. The summed E-state index contributed by atoms with van der Waals surface area (Å²) in [6.45, 7) is 7.76. The number of aryl methyl sites for hydroxylation is 1. The summed E-state index contributed by atoms with van der Waals surface area (Å²) in [7, 11) is 1.72. The van der Waals surface area contributed by atoms with Gasteiger partial charge in [-0.2, -0.15) is 0 Å². The molecule has 1 aliphatic heterocycles. The number of nitrogens with zero attached hydrogens (tertiary/aromatic N) is 4. The van der Waals surface area contributed by atoms with Crippen LogP contribution in [0.15, 0.2) is 24.8 Å². The third kappa shape index (κ3) is 4.45. The van der Waals surface area contributed by atoms with E-state index >= 15 is 0 Å². The quantitative estimate of drug-likeness (QED) is 0.804. The number of likely N-dealkylation sites (tertiary alicyclic amines) is 1. The first kappa shape index (κ1) is 17.6. The SMILES string of the molecule is COc1c(C)cnc(CN2CCCC(COc3cnccn3)C2)c1C. The van der Waals surface area contributed by atoms with E-state index in [1.165, 1.54) is 12.8 Å². The highest BCUT2D eigenvalue weighted by molar-refractivity contribution is 5.41. The van der Waals surface area contributed by atoms with Gasteiger partial charge in [0, 0.05) is 48.7 Å². The minimum atomic E-state index is 0.503. The van der Waals surface area contributed by atoms with Gasteiger partial charge in [-0.1, -0.05) is 0 Å². The van der Waals surface area contributed by atoms with Gasteiger partial charge in [-0.05, 0) is 33.2 Å². The summed E-state index contributed by atoms with van der Waals surface area (Å²) in [5, 5.41) is 0. The van der Waals surface area contributed by atoms with Crippen LogP contribution in [0.2, 0.25) is 0 Å². The van der Waals surface area contributed by atoms with E-state index in [0.717, 1.165) is 42.2 Å². The Bertz CT molecular complexity index is 693. The third-order valence-corrected chi connectivity index (χ3v) is 4.73. The Hall–Kier alpha value is -2.21. The molecule has 2 aromatic rings. The van der Waals surface area contributed by atoms with Gasteiger partial charge in [0.1, 0.15) is 5.75 Å². The molecule has 6 heteroatoms. The third-order valence-electron chi connectivity index (χ3n) is 4.73. The zero-order valence-electron chi connectivity index (χ0n) is 15.2. The molecule has 0 saturated carbocycles. The van der Waals surface area contributed by atoms with Gasteiger partial charge in [0.2, 0.25) is 5.88 Å². The lowest BCUT2D eigenvalue weighted by atomic mass is 9.98. The van der Waals surface area contributed by atoms with Crippen LogP contribution >= 0.6 is 0 Å². The predicted molar refractivity (Wildman–Crippen MR) is 95.8 cm³/mol. The molecule has 1 unspecified atom stereocenters. The van der Waals surface area contributed by atoms with Crippen molar-refractivity contribution < 1.29 is 9.47 Å². The predicted octanol–water partition coefficient (Wildman–Crippen LogP) is 2.79. The van der Waals surface area contributed by atoms with Crippen molar-refractivity contribution in [2.45, 2.75) is 33.2 Å². The lowest BCUT2D eigenvalue weighted by Crippen LogP contribution is -2.37. The largest absolute Gasteiger partial charge is 0.496 e. The van der Waals surface area contributed by atoms with Gasteiger partial charge in [0.25, 0.3) is 0 Å². The summed E-state index contributed by atoms with van der Waals surface area (Å²) in [5.41, 5.74) is 3.32. The maximum Gasteiger partial charge on any atom is 0.232 e. The molecule has 0 bridgehead atoms. The van der Waals surface area contributed by atoms with E-state index in [4.69, 9.17) is 9.47 Å². The fourth-order valence-electron chi connectivity index (χ4n) is 3.44. The lowest BCUT2D eigenvalue weighted by Gasteiger charge is -2.32. The second-order valence-electron chi connectivity index (χ2n) is 6.64. The van der Waals surface area contributed by atoms with Crippen LogP contribution in [0.3, 0.4) is 0 Å². The number of methoxy groups -OCH3 is 1. The Balaban J connectivity index is 1.58. The summed E-state index contributed by atoms with van der Waals surface area (Å²) < 4.78 is 11.3. The van der Waals surface area contributed by atoms with Gasteiger partial charge in [-0.3, -0.25) is 14.9 Å². The van der Waals surface area contributed by atoms with Crippen molar-refractivity contribution in [1.29, 1.82) is 0 Å². The smallest absolute Gasteiger partial charge is 0.232 e. The van der Waals surface area contributed by atoms with Crippen LogP contribution in [0, 0.1) is 19.8 Å². The van der Waals surface area contributed by atoms with Gasteiger partial charge in [0.15, 0.2) is 0 Å². The standard InChI is InChI=1S/C19H26N4O2/c1-14-9-22-17(15(2)19(14)24-3)12-23-8-4-5-16(11-23)13-25-18-10-20-6-7-21-18/h6-7,9-10,16H,4-5,8,11-13H2,1-3H3. The summed E-state index contributed by atoms with van der Waals surface area (Å²) >= 11 is 0. The number of hydrogen-bond donors (Lipinski definition) is 0. The molecule has 3 rings (SSSR count). The van der Waals surface area contributed by atoms with E-state index in [2.05, 4.69) is 26.8 Å². The van der Waals surface area contributed by atoms with Crippen LogP contribution in [0.5, 0.6) is 11.6 Å². The van der Waals surface area contributed by atoms with Crippen LogP contribution in [0.4, 0.5) is 0 Å². The van der Waals surface area contributed by atoms with Crippen LogP contribution in [0.25, 0.3) is 0 Å². The van der Waals surface area contributed by atoms with E-state index < -0.39 is 0 Å². The van der Waals surface area contributed by atoms with E-state index in [1.807, 2.05) is 13.1 Å². The number of piperidine rings is 1. The zero-order chi connectivity index (χ0) is 17.6. The van der Waals surface area contributed by atoms with Crippen LogP contribution < -0.4 is 9.47 Å². The molecule has 6 nitrogen and oxygen atoms in total. The maximum absolute atomic E-state index is 5.78. The topological polar surface area (TPSA) is 60.4 Å². The molecule has 2 aromatic heterocycles. The van der Waals surface area contributed by atoms with E-state index in [1.54, 1.807) is 25.7 Å². The molecule has 134 valence electrons. The molecule has 1 fully saturated rings. The van der Waals surface area contributed by atoms with Crippen molar-refractivity contribution in [3.63, 3.8) is 0 Å². The molecule has 0 aromatic carbocycles. The fourth-order valence-corrected chi connectivity index (χ4v) is 3.44. The number of rotatable bonds is 6. The number of hydrogen-bond acceptors (Lipinski definition) is 6. The average Bonchev–Trinajstić information content (AvgIpc) is 2.64. The van der Waals surface area contributed by atoms with Crippen molar-refractivity contribution in [3.05, 3.63) is 41.6 Å². The first-order valence-corrected chi connectivity index (χ1v) is 8.77. The molecular formula is C19H26N4O2. The molecule has 1 atom stereocenters. The van der Waals surface area contributed by atoms with Crippen LogP contribution in [0.1, 0.15) is 29.7 Å².